The van der Waals surface area contributed by atoms with E-state index < -0.39 is 0 Å². The van der Waals surface area contributed by atoms with Crippen molar-refractivity contribution in [3.63, 3.8) is 0 Å². The third-order valence-corrected chi connectivity index (χ3v) is 3.36. The molecule has 5 nitrogen and oxygen atoms in total. The molecule has 3 rings (SSSR count). The summed E-state index contributed by atoms with van der Waals surface area (Å²) in [5.41, 5.74) is 1.25. The highest BCUT2D eigenvalue weighted by molar-refractivity contribution is 5.84. The molecule has 0 bridgehead atoms. The van der Waals surface area contributed by atoms with Gasteiger partial charge >= 0.3 is 0 Å². The fraction of sp³-hybridized carbons (Fsp3) is 0.250. The summed E-state index contributed by atoms with van der Waals surface area (Å²) >= 11 is 0. The Kier molecular flexibility index (Phi) is 4.12. The van der Waals surface area contributed by atoms with Gasteiger partial charge in [0.2, 0.25) is 5.89 Å². The van der Waals surface area contributed by atoms with Crippen LogP contribution in [-0.4, -0.2) is 23.8 Å². The van der Waals surface area contributed by atoms with Crippen molar-refractivity contribution in [3.8, 4) is 5.75 Å². The molecular formula is C16H17N3O2. The van der Waals surface area contributed by atoms with E-state index >= 15 is 0 Å². The van der Waals surface area contributed by atoms with Crippen LogP contribution >= 0.6 is 0 Å². The fourth-order valence-electron chi connectivity index (χ4n) is 2.24. The van der Waals surface area contributed by atoms with Crippen LogP contribution in [0.4, 0.5) is 0 Å². The molecular weight excluding hydrogens is 266 g/mol. The van der Waals surface area contributed by atoms with Crippen molar-refractivity contribution < 1.29 is 9.26 Å². The fourth-order valence-corrected chi connectivity index (χ4v) is 2.24. The largest absolute Gasteiger partial charge is 0.497 e. The molecule has 1 heterocycles. The van der Waals surface area contributed by atoms with Crippen LogP contribution in [-0.2, 0) is 13.0 Å². The summed E-state index contributed by atoms with van der Waals surface area (Å²) in [5, 5.41) is 9.36. The molecule has 0 amide bonds. The Morgan fingerprint density at radius 2 is 2.00 bits per heavy atom. The predicted molar refractivity (Wildman–Crippen MR) is 80.2 cm³/mol. The van der Waals surface area contributed by atoms with Crippen LogP contribution in [0.15, 0.2) is 47.2 Å². The lowest BCUT2D eigenvalue weighted by Gasteiger charge is -2.06. The van der Waals surface area contributed by atoms with Gasteiger partial charge in [-0.05, 0) is 34.5 Å². The maximum atomic E-state index is 5.24. The van der Waals surface area contributed by atoms with Crippen molar-refractivity contribution >= 4 is 10.8 Å². The number of benzene rings is 2. The first-order chi connectivity index (χ1) is 10.3. The van der Waals surface area contributed by atoms with Crippen molar-refractivity contribution in [2.45, 2.75) is 13.0 Å². The zero-order valence-corrected chi connectivity index (χ0v) is 11.9. The number of hydrogen-bond acceptors (Lipinski definition) is 5. The third-order valence-electron chi connectivity index (χ3n) is 3.36. The standard InChI is InChI=1S/C16H17N3O2/c1-20-15-5-4-13-8-12(2-3-14(13)9-15)10-17-7-6-16-18-11-19-21-16/h2-5,8-9,11,17H,6-7,10H2,1H3. The van der Waals surface area contributed by atoms with Gasteiger partial charge in [-0.2, -0.15) is 4.98 Å². The second-order valence-corrected chi connectivity index (χ2v) is 4.81. The molecule has 0 aliphatic heterocycles. The van der Waals surface area contributed by atoms with Crippen molar-refractivity contribution in [3.05, 3.63) is 54.2 Å². The third kappa shape index (κ3) is 3.38. The molecule has 0 aliphatic rings. The Bertz CT molecular complexity index is 711. The van der Waals surface area contributed by atoms with E-state index in [0.29, 0.717) is 5.89 Å². The maximum Gasteiger partial charge on any atom is 0.227 e. The lowest BCUT2D eigenvalue weighted by molar-refractivity contribution is 0.375. The summed E-state index contributed by atoms with van der Waals surface area (Å²) in [6.07, 6.45) is 2.16. The molecule has 1 aromatic heterocycles. The second-order valence-electron chi connectivity index (χ2n) is 4.81. The minimum atomic E-state index is 0.660. The molecule has 108 valence electrons. The quantitative estimate of drug-likeness (QED) is 0.704. The minimum Gasteiger partial charge on any atom is -0.497 e. The van der Waals surface area contributed by atoms with Gasteiger partial charge in [0.25, 0.3) is 0 Å². The summed E-state index contributed by atoms with van der Waals surface area (Å²) in [4.78, 5) is 3.99. The molecule has 1 N–H and O–H groups in total. The molecule has 0 spiro atoms. The highest BCUT2D eigenvalue weighted by atomic mass is 16.5. The molecule has 0 saturated carbocycles. The van der Waals surface area contributed by atoms with E-state index in [2.05, 4.69) is 39.7 Å². The number of aromatic nitrogens is 2. The predicted octanol–water partition coefficient (Wildman–Crippen LogP) is 2.56. The number of nitrogens with one attached hydrogen (secondary N) is 1. The first-order valence-corrected chi connectivity index (χ1v) is 6.88. The van der Waals surface area contributed by atoms with Gasteiger partial charge in [0.05, 0.1) is 7.11 Å². The van der Waals surface area contributed by atoms with Crippen LogP contribution < -0.4 is 10.1 Å². The Hall–Kier alpha value is -2.40. The molecule has 5 heteroatoms. The SMILES string of the molecule is COc1ccc2cc(CNCCc3ncno3)ccc2c1. The average molecular weight is 283 g/mol. The Morgan fingerprint density at radius 1 is 1.14 bits per heavy atom. The van der Waals surface area contributed by atoms with E-state index in [1.165, 1.54) is 22.7 Å². The molecule has 0 fully saturated rings. The molecule has 0 atom stereocenters. The van der Waals surface area contributed by atoms with E-state index in [9.17, 15) is 0 Å². The summed E-state index contributed by atoms with van der Waals surface area (Å²) in [7, 11) is 1.68. The van der Waals surface area contributed by atoms with Crippen molar-refractivity contribution in [2.24, 2.45) is 0 Å². The lowest BCUT2D eigenvalue weighted by Crippen LogP contribution is -2.16. The summed E-state index contributed by atoms with van der Waals surface area (Å²) in [5.74, 6) is 1.54. The zero-order chi connectivity index (χ0) is 14.5. The van der Waals surface area contributed by atoms with Crippen LogP contribution in [0.5, 0.6) is 5.75 Å². The molecule has 0 saturated heterocycles. The minimum absolute atomic E-state index is 0.660. The summed E-state index contributed by atoms with van der Waals surface area (Å²) < 4.78 is 10.2. The van der Waals surface area contributed by atoms with Gasteiger partial charge in [-0.1, -0.05) is 23.4 Å². The number of fused-ring (bicyclic) bond motifs is 1. The van der Waals surface area contributed by atoms with Gasteiger partial charge in [-0.3, -0.25) is 0 Å². The van der Waals surface area contributed by atoms with E-state index in [1.807, 2.05) is 12.1 Å². The molecule has 0 unspecified atom stereocenters. The smallest absolute Gasteiger partial charge is 0.227 e. The first kappa shape index (κ1) is 13.6. The normalized spacial score (nSPS) is 10.9. The van der Waals surface area contributed by atoms with Crippen LogP contribution in [0.25, 0.3) is 10.8 Å². The van der Waals surface area contributed by atoms with Crippen LogP contribution in [0, 0.1) is 0 Å². The number of nitrogens with zero attached hydrogens (tertiary/aromatic N) is 2. The van der Waals surface area contributed by atoms with Gasteiger partial charge in [0.1, 0.15) is 5.75 Å². The molecule has 2 aromatic carbocycles. The van der Waals surface area contributed by atoms with Crippen molar-refractivity contribution in [2.75, 3.05) is 13.7 Å². The molecule has 3 aromatic rings. The summed E-state index contributed by atoms with van der Waals surface area (Å²) in [6, 6.07) is 12.5. The highest BCUT2D eigenvalue weighted by Crippen LogP contribution is 2.21. The molecule has 0 radical (unpaired) electrons. The molecule has 0 aliphatic carbocycles. The van der Waals surface area contributed by atoms with Gasteiger partial charge in [0, 0.05) is 19.5 Å². The van der Waals surface area contributed by atoms with Crippen molar-refractivity contribution in [1.29, 1.82) is 0 Å². The Morgan fingerprint density at radius 3 is 2.81 bits per heavy atom. The summed E-state index contributed by atoms with van der Waals surface area (Å²) in [6.45, 7) is 1.62. The van der Waals surface area contributed by atoms with Gasteiger partial charge in [-0.15, -0.1) is 0 Å². The first-order valence-electron chi connectivity index (χ1n) is 6.88. The van der Waals surface area contributed by atoms with E-state index in [-0.39, 0.29) is 0 Å². The number of rotatable bonds is 6. The topological polar surface area (TPSA) is 60.2 Å². The van der Waals surface area contributed by atoms with Gasteiger partial charge in [-0.25, -0.2) is 0 Å². The number of methoxy groups -OCH3 is 1. The number of hydrogen-bond donors (Lipinski definition) is 1. The van der Waals surface area contributed by atoms with E-state index in [1.54, 1.807) is 7.11 Å². The van der Waals surface area contributed by atoms with Crippen LogP contribution in [0.2, 0.25) is 0 Å². The van der Waals surface area contributed by atoms with Crippen LogP contribution in [0.3, 0.4) is 0 Å². The van der Waals surface area contributed by atoms with E-state index in [4.69, 9.17) is 9.26 Å². The second kappa shape index (κ2) is 6.37. The average Bonchev–Trinajstić information content (AvgIpc) is 3.04. The van der Waals surface area contributed by atoms with Gasteiger partial charge in [0.15, 0.2) is 6.33 Å². The maximum absolute atomic E-state index is 5.24. The zero-order valence-electron chi connectivity index (χ0n) is 11.9. The van der Waals surface area contributed by atoms with Crippen LogP contribution in [0.1, 0.15) is 11.5 Å². The lowest BCUT2D eigenvalue weighted by atomic mass is 10.1. The highest BCUT2D eigenvalue weighted by Gasteiger charge is 2.01. The monoisotopic (exact) mass is 283 g/mol. The van der Waals surface area contributed by atoms with Gasteiger partial charge < -0.3 is 14.6 Å². The van der Waals surface area contributed by atoms with E-state index in [0.717, 1.165) is 25.3 Å². The van der Waals surface area contributed by atoms with Crippen molar-refractivity contribution in [1.82, 2.24) is 15.5 Å². The molecule has 21 heavy (non-hydrogen) atoms. The Balaban J connectivity index is 1.59. The number of ether oxygens (including phenoxy) is 1. The Labute approximate surface area is 122 Å².